The van der Waals surface area contributed by atoms with Crippen LogP contribution in [0.4, 0.5) is 17.6 Å². The van der Waals surface area contributed by atoms with E-state index in [1.165, 1.54) is 7.11 Å². The summed E-state index contributed by atoms with van der Waals surface area (Å²) in [4.78, 5) is 11.4. The van der Waals surface area contributed by atoms with Gasteiger partial charge in [0, 0.05) is 20.1 Å². The number of hydrogen-bond acceptors (Lipinski definition) is 3. The van der Waals surface area contributed by atoms with Crippen molar-refractivity contribution < 1.29 is 31.8 Å². The van der Waals surface area contributed by atoms with Gasteiger partial charge in [-0.3, -0.25) is 0 Å². The molecule has 106 valence electrons. The van der Waals surface area contributed by atoms with Gasteiger partial charge < -0.3 is 9.47 Å². The van der Waals surface area contributed by atoms with Gasteiger partial charge in [0.15, 0.2) is 0 Å². The zero-order chi connectivity index (χ0) is 14.5. The Labute approximate surface area is 107 Å². The number of halogens is 4. The minimum absolute atomic E-state index is 0.0532. The smallest absolute Gasteiger partial charge is 0.419 e. The average Bonchev–Trinajstić information content (AvgIpc) is 2.33. The highest BCUT2D eigenvalue weighted by Gasteiger charge is 2.35. The van der Waals surface area contributed by atoms with Gasteiger partial charge in [0.2, 0.25) is 0 Å². The Bertz CT molecular complexity index is 443. The summed E-state index contributed by atoms with van der Waals surface area (Å²) >= 11 is 0. The minimum Gasteiger partial charge on any atom is -0.462 e. The molecule has 0 bridgehead atoms. The molecule has 0 amide bonds. The Kier molecular flexibility index (Phi) is 5.29. The van der Waals surface area contributed by atoms with E-state index < -0.39 is 29.1 Å². The molecular weight excluding hydrogens is 268 g/mol. The Morgan fingerprint density at radius 1 is 1.26 bits per heavy atom. The molecule has 0 unspecified atom stereocenters. The third kappa shape index (κ3) is 4.20. The summed E-state index contributed by atoms with van der Waals surface area (Å²) in [6, 6.07) is 2.47. The third-order valence-corrected chi connectivity index (χ3v) is 2.25. The quantitative estimate of drug-likeness (QED) is 0.472. The summed E-state index contributed by atoms with van der Waals surface area (Å²) in [7, 11) is 1.45. The number of carbonyl (C=O) groups is 1. The van der Waals surface area contributed by atoms with E-state index in [9.17, 15) is 22.4 Å². The molecule has 0 radical (unpaired) electrons. The van der Waals surface area contributed by atoms with Crippen LogP contribution < -0.4 is 0 Å². The van der Waals surface area contributed by atoms with Gasteiger partial charge in [0.1, 0.15) is 5.82 Å². The van der Waals surface area contributed by atoms with Gasteiger partial charge >= 0.3 is 12.1 Å². The lowest BCUT2D eigenvalue weighted by Gasteiger charge is -2.10. The van der Waals surface area contributed by atoms with Crippen molar-refractivity contribution >= 4 is 5.97 Å². The molecule has 0 fully saturated rings. The fourth-order valence-corrected chi connectivity index (χ4v) is 1.35. The van der Waals surface area contributed by atoms with Gasteiger partial charge in [-0.1, -0.05) is 6.07 Å². The Morgan fingerprint density at radius 2 is 1.95 bits per heavy atom. The lowest BCUT2D eigenvalue weighted by atomic mass is 10.1. The molecule has 0 atom stereocenters. The van der Waals surface area contributed by atoms with Crippen molar-refractivity contribution in [1.29, 1.82) is 0 Å². The van der Waals surface area contributed by atoms with Gasteiger partial charge in [0.25, 0.3) is 0 Å². The summed E-state index contributed by atoms with van der Waals surface area (Å²) in [5, 5.41) is 0. The lowest BCUT2D eigenvalue weighted by Crippen LogP contribution is -2.15. The van der Waals surface area contributed by atoms with Crippen LogP contribution in [0.1, 0.15) is 22.3 Å². The molecule has 0 aromatic heterocycles. The Balaban J connectivity index is 2.81. The summed E-state index contributed by atoms with van der Waals surface area (Å²) in [5.41, 5.74) is -2.22. The molecule has 0 aliphatic heterocycles. The number of methoxy groups -OCH3 is 1. The number of ether oxygens (including phenoxy) is 2. The first-order valence-electron chi connectivity index (χ1n) is 5.39. The summed E-state index contributed by atoms with van der Waals surface area (Å²) in [5.74, 6) is -2.74. The zero-order valence-electron chi connectivity index (χ0n) is 10.1. The molecule has 0 heterocycles. The van der Waals surface area contributed by atoms with Crippen molar-refractivity contribution in [3.05, 3.63) is 35.1 Å². The van der Waals surface area contributed by atoms with E-state index in [1.807, 2.05) is 0 Å². The van der Waals surface area contributed by atoms with Gasteiger partial charge in [-0.25, -0.2) is 9.18 Å². The van der Waals surface area contributed by atoms with Crippen molar-refractivity contribution in [1.82, 2.24) is 0 Å². The van der Waals surface area contributed by atoms with Crippen LogP contribution >= 0.6 is 0 Å². The molecule has 0 saturated heterocycles. The summed E-state index contributed by atoms with van der Waals surface area (Å²) in [6.07, 6.45) is -4.47. The maximum atomic E-state index is 13.5. The Morgan fingerprint density at radius 3 is 2.53 bits per heavy atom. The second-order valence-electron chi connectivity index (χ2n) is 3.65. The first-order chi connectivity index (χ1) is 8.88. The van der Waals surface area contributed by atoms with Gasteiger partial charge in [-0.05, 0) is 12.1 Å². The average molecular weight is 280 g/mol. The SMILES string of the molecule is COCCCOC(=O)c1cccc(C(F)(F)F)c1F. The molecule has 1 rings (SSSR count). The van der Waals surface area contributed by atoms with Crippen LogP contribution in [-0.4, -0.2) is 26.3 Å². The maximum Gasteiger partial charge on any atom is 0.419 e. The monoisotopic (exact) mass is 280 g/mol. The first-order valence-corrected chi connectivity index (χ1v) is 5.39. The molecule has 0 aliphatic rings. The second kappa shape index (κ2) is 6.51. The normalized spacial score (nSPS) is 11.4. The largest absolute Gasteiger partial charge is 0.462 e. The van der Waals surface area contributed by atoms with Crippen LogP contribution in [0.2, 0.25) is 0 Å². The van der Waals surface area contributed by atoms with E-state index in [-0.39, 0.29) is 6.61 Å². The van der Waals surface area contributed by atoms with E-state index in [0.29, 0.717) is 19.1 Å². The van der Waals surface area contributed by atoms with E-state index in [0.717, 1.165) is 12.1 Å². The molecule has 0 aliphatic carbocycles. The van der Waals surface area contributed by atoms with Crippen molar-refractivity contribution in [2.24, 2.45) is 0 Å². The van der Waals surface area contributed by atoms with Crippen LogP contribution in [0.15, 0.2) is 18.2 Å². The highest BCUT2D eigenvalue weighted by atomic mass is 19.4. The number of esters is 1. The highest BCUT2D eigenvalue weighted by Crippen LogP contribution is 2.32. The van der Waals surface area contributed by atoms with E-state index in [2.05, 4.69) is 4.74 Å². The zero-order valence-corrected chi connectivity index (χ0v) is 10.1. The number of carbonyl (C=O) groups excluding carboxylic acids is 1. The van der Waals surface area contributed by atoms with E-state index in [1.54, 1.807) is 0 Å². The van der Waals surface area contributed by atoms with E-state index >= 15 is 0 Å². The fraction of sp³-hybridized carbons (Fsp3) is 0.417. The molecule has 1 aromatic rings. The predicted molar refractivity (Wildman–Crippen MR) is 58.2 cm³/mol. The Hall–Kier alpha value is -1.63. The molecule has 0 spiro atoms. The number of alkyl halides is 3. The van der Waals surface area contributed by atoms with Crippen LogP contribution in [0.5, 0.6) is 0 Å². The molecule has 19 heavy (non-hydrogen) atoms. The molecule has 0 N–H and O–H groups in total. The first kappa shape index (κ1) is 15.4. The fourth-order valence-electron chi connectivity index (χ4n) is 1.35. The van der Waals surface area contributed by atoms with Gasteiger partial charge in [0.05, 0.1) is 17.7 Å². The van der Waals surface area contributed by atoms with Crippen molar-refractivity contribution in [2.75, 3.05) is 20.3 Å². The van der Waals surface area contributed by atoms with Crippen molar-refractivity contribution in [3.63, 3.8) is 0 Å². The van der Waals surface area contributed by atoms with Crippen LogP contribution in [0, 0.1) is 5.82 Å². The van der Waals surface area contributed by atoms with Crippen LogP contribution in [-0.2, 0) is 15.7 Å². The highest BCUT2D eigenvalue weighted by molar-refractivity contribution is 5.90. The molecule has 7 heteroatoms. The van der Waals surface area contributed by atoms with Crippen LogP contribution in [0.3, 0.4) is 0 Å². The minimum atomic E-state index is -4.85. The number of benzene rings is 1. The van der Waals surface area contributed by atoms with Crippen LogP contribution in [0.25, 0.3) is 0 Å². The topological polar surface area (TPSA) is 35.5 Å². The molecule has 0 saturated carbocycles. The number of hydrogen-bond donors (Lipinski definition) is 0. The lowest BCUT2D eigenvalue weighted by molar-refractivity contribution is -0.140. The number of rotatable bonds is 5. The standard InChI is InChI=1S/C12H12F4O3/c1-18-6-3-7-19-11(17)8-4-2-5-9(10(8)13)12(14,15)16/h2,4-5H,3,6-7H2,1H3. The molecule has 3 nitrogen and oxygen atoms in total. The van der Waals surface area contributed by atoms with Gasteiger partial charge in [-0.2, -0.15) is 13.2 Å². The second-order valence-corrected chi connectivity index (χ2v) is 3.65. The predicted octanol–water partition coefficient (Wildman–Crippen LogP) is 3.04. The summed E-state index contributed by atoms with van der Waals surface area (Å²) < 4.78 is 60.2. The summed E-state index contributed by atoms with van der Waals surface area (Å²) in [6.45, 7) is 0.278. The maximum absolute atomic E-state index is 13.5. The van der Waals surface area contributed by atoms with Crippen molar-refractivity contribution in [3.8, 4) is 0 Å². The van der Waals surface area contributed by atoms with E-state index in [4.69, 9.17) is 4.74 Å². The van der Waals surface area contributed by atoms with Gasteiger partial charge in [-0.15, -0.1) is 0 Å². The van der Waals surface area contributed by atoms with Crippen molar-refractivity contribution in [2.45, 2.75) is 12.6 Å². The molecular formula is C12H12F4O3. The third-order valence-electron chi connectivity index (χ3n) is 2.25. The molecule has 1 aromatic carbocycles.